The van der Waals surface area contributed by atoms with Crippen LogP contribution in [-0.2, 0) is 10.0 Å². The average Bonchev–Trinajstić information content (AvgIpc) is 2.81. The Morgan fingerprint density at radius 1 is 0.914 bits per heavy atom. The third kappa shape index (κ3) is 5.54. The molecule has 0 spiro atoms. The van der Waals surface area contributed by atoms with E-state index in [1.165, 1.54) is 12.1 Å². The van der Waals surface area contributed by atoms with Gasteiger partial charge >= 0.3 is 0 Å². The Balaban J connectivity index is 1.76. The van der Waals surface area contributed by atoms with E-state index in [-0.39, 0.29) is 11.4 Å². The number of hydrogen-bond donors (Lipinski definition) is 2. The van der Waals surface area contributed by atoms with Crippen LogP contribution in [0.2, 0.25) is 0 Å². The van der Waals surface area contributed by atoms with E-state index in [2.05, 4.69) is 14.7 Å². The smallest absolute Gasteiger partial charge is 0.260 e. The summed E-state index contributed by atoms with van der Waals surface area (Å²) < 4.78 is 47.2. The number of nitrogens with zero attached hydrogens (tertiary/aromatic N) is 2. The molecule has 0 amide bonds. The summed E-state index contributed by atoms with van der Waals surface area (Å²) in [5, 5.41) is 10.3. The molecule has 7 nitrogen and oxygen atoms in total. The zero-order chi connectivity index (χ0) is 25.2. The van der Waals surface area contributed by atoms with Crippen LogP contribution in [0, 0.1) is 26.7 Å². The molecule has 0 radical (unpaired) electrons. The lowest BCUT2D eigenvalue weighted by molar-refractivity contribution is 0.162. The summed E-state index contributed by atoms with van der Waals surface area (Å²) in [5.74, 6) is -0.370. The predicted octanol–water partition coefficient (Wildman–Crippen LogP) is 4.97. The maximum absolute atomic E-state index is 13.5. The molecule has 9 heteroatoms. The number of ether oxygens (including phenoxy) is 1. The number of rotatable bonds is 7. The van der Waals surface area contributed by atoms with Crippen molar-refractivity contribution in [2.45, 2.75) is 32.0 Å². The van der Waals surface area contributed by atoms with Crippen molar-refractivity contribution < 1.29 is 22.7 Å². The molecule has 4 rings (SSSR count). The first kappa shape index (κ1) is 24.5. The molecule has 180 valence electrons. The second kappa shape index (κ2) is 9.91. The first-order chi connectivity index (χ1) is 16.6. The van der Waals surface area contributed by atoms with E-state index in [0.29, 0.717) is 11.4 Å². The van der Waals surface area contributed by atoms with Crippen LogP contribution in [0.15, 0.2) is 77.8 Å². The Bertz CT molecular complexity index is 1450. The van der Waals surface area contributed by atoms with Crippen LogP contribution in [0.5, 0.6) is 11.6 Å². The zero-order valence-corrected chi connectivity index (χ0v) is 20.2. The van der Waals surface area contributed by atoms with E-state index in [4.69, 9.17) is 4.74 Å². The fourth-order valence-electron chi connectivity index (χ4n) is 3.75. The number of aryl methyl sites for hydroxylation is 3. The van der Waals surface area contributed by atoms with Crippen LogP contribution >= 0.6 is 0 Å². The van der Waals surface area contributed by atoms with Crippen LogP contribution in [0.1, 0.15) is 28.5 Å². The molecular weight excluding hydrogens is 469 g/mol. The molecule has 0 aliphatic heterocycles. The molecule has 35 heavy (non-hydrogen) atoms. The Morgan fingerprint density at radius 3 is 2.26 bits per heavy atom. The third-order valence-corrected chi connectivity index (χ3v) is 6.60. The van der Waals surface area contributed by atoms with E-state index >= 15 is 0 Å². The minimum atomic E-state index is -4.34. The van der Waals surface area contributed by atoms with Gasteiger partial charge in [0.1, 0.15) is 12.0 Å². The van der Waals surface area contributed by atoms with Gasteiger partial charge in [-0.15, -0.1) is 0 Å². The van der Waals surface area contributed by atoms with Gasteiger partial charge in [0.25, 0.3) is 10.0 Å². The maximum Gasteiger partial charge on any atom is 0.260 e. The summed E-state index contributed by atoms with van der Waals surface area (Å²) in [6, 6.07) is 19.9. The van der Waals surface area contributed by atoms with Gasteiger partial charge in [0.2, 0.25) is 11.8 Å². The van der Waals surface area contributed by atoms with Crippen molar-refractivity contribution in [3.63, 3.8) is 0 Å². The summed E-state index contributed by atoms with van der Waals surface area (Å²) in [7, 11) is -4.34. The lowest BCUT2D eigenvalue weighted by Crippen LogP contribution is -2.29. The molecule has 0 saturated heterocycles. The number of halogens is 1. The van der Waals surface area contributed by atoms with E-state index < -0.39 is 27.2 Å². The summed E-state index contributed by atoms with van der Waals surface area (Å²) >= 11 is 0. The Kier molecular flexibility index (Phi) is 6.93. The van der Waals surface area contributed by atoms with Crippen LogP contribution in [0.4, 0.5) is 4.39 Å². The van der Waals surface area contributed by atoms with Gasteiger partial charge in [0, 0.05) is 5.56 Å². The highest BCUT2D eigenvalue weighted by atomic mass is 32.2. The molecule has 2 aromatic carbocycles. The van der Waals surface area contributed by atoms with Crippen molar-refractivity contribution in [1.29, 1.82) is 0 Å². The molecule has 0 fully saturated rings. The highest BCUT2D eigenvalue weighted by Gasteiger charge is 2.25. The van der Waals surface area contributed by atoms with Crippen molar-refractivity contribution in [3.8, 4) is 22.9 Å². The number of aliphatic hydroxyl groups is 1. The molecule has 2 N–H and O–H groups in total. The van der Waals surface area contributed by atoms with Gasteiger partial charge in [-0.3, -0.25) is 0 Å². The molecule has 2 heterocycles. The fourth-order valence-corrected chi connectivity index (χ4v) is 4.75. The number of aliphatic hydroxyl groups excluding tert-OH is 1. The van der Waals surface area contributed by atoms with Crippen LogP contribution in [0.25, 0.3) is 11.3 Å². The molecule has 4 aromatic rings. The SMILES string of the molecule is Cc1cc(C)c(Oc2nc(-c3ccccc3)ccc2C(O)NS(=O)(=O)c2cccc(F)n2)c(C)c1. The van der Waals surface area contributed by atoms with Crippen molar-refractivity contribution >= 4 is 10.0 Å². The lowest BCUT2D eigenvalue weighted by atomic mass is 10.1. The second-order valence-corrected chi connectivity index (χ2v) is 9.77. The molecule has 0 bridgehead atoms. The molecule has 1 atom stereocenters. The molecule has 0 saturated carbocycles. The number of pyridine rings is 2. The van der Waals surface area contributed by atoms with E-state index in [9.17, 15) is 17.9 Å². The molecule has 0 aliphatic carbocycles. The maximum atomic E-state index is 13.5. The highest BCUT2D eigenvalue weighted by Crippen LogP contribution is 2.34. The first-order valence-electron chi connectivity index (χ1n) is 10.8. The number of benzene rings is 2. The van der Waals surface area contributed by atoms with Crippen molar-refractivity contribution in [2.75, 3.05) is 0 Å². The Morgan fingerprint density at radius 2 is 1.60 bits per heavy atom. The van der Waals surface area contributed by atoms with Gasteiger partial charge in [-0.05, 0) is 56.2 Å². The van der Waals surface area contributed by atoms with Gasteiger partial charge < -0.3 is 9.84 Å². The van der Waals surface area contributed by atoms with Crippen molar-refractivity contribution in [3.05, 3.63) is 101 Å². The minimum absolute atomic E-state index is 0.0313. The van der Waals surface area contributed by atoms with E-state index in [1.54, 1.807) is 6.07 Å². The first-order valence-corrected chi connectivity index (χ1v) is 12.3. The van der Waals surface area contributed by atoms with E-state index in [1.807, 2.05) is 63.2 Å². The van der Waals surface area contributed by atoms with E-state index in [0.717, 1.165) is 34.4 Å². The molecule has 0 aliphatic rings. The quantitative estimate of drug-likeness (QED) is 0.278. The van der Waals surface area contributed by atoms with Crippen LogP contribution in [-0.4, -0.2) is 23.5 Å². The standard InChI is InChI=1S/C26H24FN3O4S/c1-16-14-17(2)24(18(3)15-16)34-26-20(12-13-21(28-26)19-8-5-4-6-9-19)25(31)30-35(32,33)23-11-7-10-22(27)29-23/h4-15,25,30-31H,1-3H3. The van der Waals surface area contributed by atoms with Crippen molar-refractivity contribution in [1.82, 2.24) is 14.7 Å². The normalized spacial score (nSPS) is 12.4. The Hall–Kier alpha value is -3.66. The van der Waals surface area contributed by atoms with Crippen molar-refractivity contribution in [2.24, 2.45) is 0 Å². The molecule has 1 unspecified atom stereocenters. The number of sulfonamides is 1. The van der Waals surface area contributed by atoms with Gasteiger partial charge in [-0.1, -0.05) is 54.1 Å². The van der Waals surface area contributed by atoms with Gasteiger partial charge in [-0.2, -0.15) is 9.11 Å². The fraction of sp³-hybridized carbons (Fsp3) is 0.154. The molecular formula is C26H24FN3O4S. The monoisotopic (exact) mass is 493 g/mol. The topological polar surface area (TPSA) is 101 Å². The number of aromatic nitrogens is 2. The van der Waals surface area contributed by atoms with Gasteiger partial charge in [-0.25, -0.2) is 18.4 Å². The Labute approximate surface area is 203 Å². The largest absolute Gasteiger partial charge is 0.438 e. The zero-order valence-electron chi connectivity index (χ0n) is 19.4. The van der Waals surface area contributed by atoms with Gasteiger partial charge in [0.15, 0.2) is 5.03 Å². The predicted molar refractivity (Wildman–Crippen MR) is 130 cm³/mol. The van der Waals surface area contributed by atoms with Crippen LogP contribution in [0.3, 0.4) is 0 Å². The highest BCUT2D eigenvalue weighted by molar-refractivity contribution is 7.89. The minimum Gasteiger partial charge on any atom is -0.438 e. The second-order valence-electron chi connectivity index (χ2n) is 8.11. The number of nitrogens with one attached hydrogen (secondary N) is 1. The summed E-state index contributed by atoms with van der Waals surface area (Å²) in [5.41, 5.74) is 4.27. The molecule has 2 aromatic heterocycles. The number of hydrogen-bond acceptors (Lipinski definition) is 6. The van der Waals surface area contributed by atoms with Gasteiger partial charge in [0.05, 0.1) is 11.3 Å². The summed E-state index contributed by atoms with van der Waals surface area (Å²) in [4.78, 5) is 7.98. The summed E-state index contributed by atoms with van der Waals surface area (Å²) in [6.07, 6.45) is -1.73. The summed E-state index contributed by atoms with van der Waals surface area (Å²) in [6.45, 7) is 5.76. The van der Waals surface area contributed by atoms with Crippen LogP contribution < -0.4 is 9.46 Å². The lowest BCUT2D eigenvalue weighted by Gasteiger charge is -2.19. The third-order valence-electron chi connectivity index (χ3n) is 5.29. The average molecular weight is 494 g/mol.